The lowest BCUT2D eigenvalue weighted by atomic mass is 10.0. The van der Waals surface area contributed by atoms with Crippen molar-refractivity contribution in [2.75, 3.05) is 0 Å². The first-order valence-corrected chi connectivity index (χ1v) is 8.41. The van der Waals surface area contributed by atoms with Gasteiger partial charge in [0.25, 0.3) is 0 Å². The smallest absolute Gasteiger partial charge is 0.165 e. The van der Waals surface area contributed by atoms with Gasteiger partial charge in [-0.3, -0.25) is 0 Å². The van der Waals surface area contributed by atoms with Gasteiger partial charge in [0, 0.05) is 5.56 Å². The van der Waals surface area contributed by atoms with Crippen LogP contribution in [-0.2, 0) is 6.42 Å². The summed E-state index contributed by atoms with van der Waals surface area (Å²) in [5.74, 6) is 0.721. The van der Waals surface area contributed by atoms with E-state index >= 15 is 0 Å². The molecule has 0 bridgehead atoms. The third-order valence-corrected chi connectivity index (χ3v) is 4.17. The summed E-state index contributed by atoms with van der Waals surface area (Å²) in [5.41, 5.74) is 5.80. The zero-order valence-electron chi connectivity index (χ0n) is 14.7. The molecular weight excluding hydrogens is 296 g/mol. The van der Waals surface area contributed by atoms with Crippen molar-refractivity contribution in [3.63, 3.8) is 0 Å². The van der Waals surface area contributed by atoms with E-state index in [1.165, 1.54) is 0 Å². The summed E-state index contributed by atoms with van der Waals surface area (Å²) in [5, 5.41) is 15.6. The van der Waals surface area contributed by atoms with Gasteiger partial charge in [-0.2, -0.15) is 5.10 Å². The molecule has 124 valence electrons. The molecule has 1 heterocycles. The van der Waals surface area contributed by atoms with Gasteiger partial charge < -0.3 is 5.11 Å². The largest absolute Gasteiger partial charge is 0.504 e. The number of benzene rings is 2. The molecule has 3 aromatic rings. The summed E-state index contributed by atoms with van der Waals surface area (Å²) < 4.78 is 1.89. The fourth-order valence-electron chi connectivity index (χ4n) is 3.01. The van der Waals surface area contributed by atoms with Crippen LogP contribution in [0.4, 0.5) is 0 Å². The second-order valence-corrected chi connectivity index (χ2v) is 6.81. The lowest BCUT2D eigenvalue weighted by Gasteiger charge is -2.11. The molecule has 0 amide bonds. The van der Waals surface area contributed by atoms with E-state index in [1.54, 1.807) is 0 Å². The molecule has 3 rings (SSSR count). The third kappa shape index (κ3) is 3.07. The molecule has 0 radical (unpaired) electrons. The molecule has 0 unspecified atom stereocenters. The highest BCUT2D eigenvalue weighted by molar-refractivity contribution is 5.71. The summed E-state index contributed by atoms with van der Waals surface area (Å²) in [6.07, 6.45) is 0.754. The van der Waals surface area contributed by atoms with Crippen molar-refractivity contribution in [2.45, 2.75) is 34.1 Å². The Morgan fingerprint density at radius 3 is 2.46 bits per heavy atom. The van der Waals surface area contributed by atoms with Gasteiger partial charge in [0.2, 0.25) is 0 Å². The highest BCUT2D eigenvalue weighted by atomic mass is 16.3. The Kier molecular flexibility index (Phi) is 4.43. The van der Waals surface area contributed by atoms with Gasteiger partial charge in [0.1, 0.15) is 11.4 Å². The van der Waals surface area contributed by atoms with Crippen LogP contribution in [0, 0.1) is 19.8 Å². The Bertz CT molecular complexity index is 862. The van der Waals surface area contributed by atoms with Crippen molar-refractivity contribution in [2.24, 2.45) is 5.92 Å². The van der Waals surface area contributed by atoms with Crippen molar-refractivity contribution >= 4 is 0 Å². The highest BCUT2D eigenvalue weighted by Gasteiger charge is 2.21. The first-order chi connectivity index (χ1) is 11.5. The molecule has 24 heavy (non-hydrogen) atoms. The molecule has 1 N–H and O–H groups in total. The molecule has 3 nitrogen and oxygen atoms in total. The molecular formula is C21H24N2O. The lowest BCUT2D eigenvalue weighted by molar-refractivity contribution is 0.464. The molecule has 0 aliphatic rings. The van der Waals surface area contributed by atoms with Crippen molar-refractivity contribution in [3.05, 3.63) is 65.4 Å². The number of nitrogens with zero attached hydrogens (tertiary/aromatic N) is 2. The minimum absolute atomic E-state index is 0.289. The van der Waals surface area contributed by atoms with Gasteiger partial charge in [-0.25, -0.2) is 4.68 Å². The van der Waals surface area contributed by atoms with Gasteiger partial charge in [-0.1, -0.05) is 55.8 Å². The number of aromatic nitrogens is 2. The van der Waals surface area contributed by atoms with Gasteiger partial charge in [-0.15, -0.1) is 0 Å². The van der Waals surface area contributed by atoms with E-state index in [9.17, 15) is 5.11 Å². The van der Waals surface area contributed by atoms with Crippen LogP contribution in [0.3, 0.4) is 0 Å². The standard InChI is InChI=1S/C21H24N2O/c1-14(2)12-18-21(24)20(17-10-7-8-15(3)13-17)23(22-18)19-11-6-5-9-16(19)4/h5-11,13-14,24H,12H2,1-4H3. The normalized spacial score (nSPS) is 11.2. The maximum atomic E-state index is 10.9. The van der Waals surface area contributed by atoms with Crippen molar-refractivity contribution in [1.82, 2.24) is 9.78 Å². The Labute approximate surface area is 143 Å². The van der Waals surface area contributed by atoms with E-state index in [1.807, 2.05) is 35.0 Å². The van der Waals surface area contributed by atoms with Gasteiger partial charge >= 0.3 is 0 Å². The second kappa shape index (κ2) is 6.52. The number of para-hydroxylation sites is 1. The van der Waals surface area contributed by atoms with Crippen LogP contribution in [0.15, 0.2) is 48.5 Å². The Morgan fingerprint density at radius 1 is 1.04 bits per heavy atom. The van der Waals surface area contributed by atoms with Crippen LogP contribution in [0.5, 0.6) is 5.75 Å². The van der Waals surface area contributed by atoms with Crippen LogP contribution in [0.2, 0.25) is 0 Å². The quantitative estimate of drug-likeness (QED) is 0.729. The first-order valence-electron chi connectivity index (χ1n) is 8.41. The van der Waals surface area contributed by atoms with Crippen molar-refractivity contribution in [3.8, 4) is 22.7 Å². The topological polar surface area (TPSA) is 38.1 Å². The average Bonchev–Trinajstić information content (AvgIpc) is 2.84. The molecule has 2 aromatic carbocycles. The maximum Gasteiger partial charge on any atom is 0.165 e. The molecule has 0 fully saturated rings. The van der Waals surface area contributed by atoms with Crippen LogP contribution >= 0.6 is 0 Å². The van der Waals surface area contributed by atoms with Crippen LogP contribution < -0.4 is 0 Å². The third-order valence-electron chi connectivity index (χ3n) is 4.17. The average molecular weight is 320 g/mol. The maximum absolute atomic E-state index is 10.9. The predicted molar refractivity (Wildman–Crippen MR) is 98.7 cm³/mol. The minimum atomic E-state index is 0.289. The predicted octanol–water partition coefficient (Wildman–Crippen LogP) is 5.06. The molecule has 0 aliphatic carbocycles. The number of aryl methyl sites for hydroxylation is 2. The minimum Gasteiger partial charge on any atom is -0.504 e. The molecule has 3 heteroatoms. The van der Waals surface area contributed by atoms with Crippen LogP contribution in [-0.4, -0.2) is 14.9 Å². The highest BCUT2D eigenvalue weighted by Crippen LogP contribution is 2.36. The van der Waals surface area contributed by atoms with E-state index in [-0.39, 0.29) is 5.75 Å². The second-order valence-electron chi connectivity index (χ2n) is 6.81. The molecule has 0 aliphatic heterocycles. The SMILES string of the molecule is Cc1cccc(-c2c(O)c(CC(C)C)nn2-c2ccccc2C)c1. The molecule has 0 saturated heterocycles. The van der Waals surface area contributed by atoms with E-state index in [0.717, 1.165) is 40.2 Å². The molecule has 0 spiro atoms. The number of hydrogen-bond donors (Lipinski definition) is 1. The molecule has 0 atom stereocenters. The van der Waals surface area contributed by atoms with E-state index < -0.39 is 0 Å². The fourth-order valence-corrected chi connectivity index (χ4v) is 3.01. The monoisotopic (exact) mass is 320 g/mol. The first kappa shape index (κ1) is 16.3. The molecule has 0 saturated carbocycles. The van der Waals surface area contributed by atoms with Gasteiger partial charge in [0.15, 0.2) is 5.75 Å². The number of hydrogen-bond acceptors (Lipinski definition) is 2. The summed E-state index contributed by atoms with van der Waals surface area (Å²) in [4.78, 5) is 0. The summed E-state index contributed by atoms with van der Waals surface area (Å²) in [6.45, 7) is 8.40. The summed E-state index contributed by atoms with van der Waals surface area (Å²) >= 11 is 0. The zero-order chi connectivity index (χ0) is 17.3. The van der Waals surface area contributed by atoms with E-state index in [0.29, 0.717) is 5.92 Å². The summed E-state index contributed by atoms with van der Waals surface area (Å²) in [7, 11) is 0. The van der Waals surface area contributed by atoms with Crippen molar-refractivity contribution in [1.29, 1.82) is 0 Å². The van der Waals surface area contributed by atoms with Crippen LogP contribution in [0.1, 0.15) is 30.7 Å². The van der Waals surface area contributed by atoms with Crippen LogP contribution in [0.25, 0.3) is 16.9 Å². The Balaban J connectivity index is 2.26. The summed E-state index contributed by atoms with van der Waals surface area (Å²) in [6, 6.07) is 16.3. The zero-order valence-corrected chi connectivity index (χ0v) is 14.7. The van der Waals surface area contributed by atoms with Gasteiger partial charge in [0.05, 0.1) is 5.69 Å². The number of rotatable bonds is 4. The Hall–Kier alpha value is -2.55. The van der Waals surface area contributed by atoms with Crippen molar-refractivity contribution < 1.29 is 5.11 Å². The Morgan fingerprint density at radius 2 is 1.79 bits per heavy atom. The van der Waals surface area contributed by atoms with E-state index in [2.05, 4.69) is 45.9 Å². The van der Waals surface area contributed by atoms with E-state index in [4.69, 9.17) is 5.10 Å². The lowest BCUT2D eigenvalue weighted by Crippen LogP contribution is -2.03. The number of aromatic hydroxyl groups is 1. The molecule has 1 aromatic heterocycles. The van der Waals surface area contributed by atoms with Gasteiger partial charge in [-0.05, 0) is 43.9 Å². The fraction of sp³-hybridized carbons (Fsp3) is 0.286.